The highest BCUT2D eigenvalue weighted by Gasteiger charge is 2.24. The molecule has 1 atom stereocenters. The number of anilines is 1. The highest BCUT2D eigenvalue weighted by molar-refractivity contribution is 14.0. The van der Waals surface area contributed by atoms with Crippen molar-refractivity contribution in [1.29, 1.82) is 0 Å². The number of nitrogens with zero attached hydrogens (tertiary/aromatic N) is 3. The minimum absolute atomic E-state index is 0. The van der Waals surface area contributed by atoms with Crippen LogP contribution in [0, 0.1) is 5.92 Å². The number of hydrogen-bond donors (Lipinski definition) is 2. The molecule has 2 fully saturated rings. The highest BCUT2D eigenvalue weighted by Crippen LogP contribution is 2.20. The van der Waals surface area contributed by atoms with Gasteiger partial charge in [-0.2, -0.15) is 0 Å². The molecule has 0 spiro atoms. The molecule has 1 aromatic rings. The average molecular weight is 515 g/mol. The molecule has 2 heterocycles. The van der Waals surface area contributed by atoms with Crippen LogP contribution in [-0.2, 0) is 4.74 Å². The number of aliphatic imine (C=N–C) groups is 1. The van der Waals surface area contributed by atoms with Gasteiger partial charge < -0.3 is 25.2 Å². The van der Waals surface area contributed by atoms with Gasteiger partial charge in [0, 0.05) is 51.6 Å². The second-order valence-electron chi connectivity index (χ2n) is 7.91. The predicted octanol–water partition coefficient (Wildman–Crippen LogP) is 2.80. The molecule has 29 heavy (non-hydrogen) atoms. The summed E-state index contributed by atoms with van der Waals surface area (Å²) in [7, 11) is 1.78. The molecule has 2 aliphatic rings. The van der Waals surface area contributed by atoms with Crippen LogP contribution in [0.5, 0.6) is 0 Å². The van der Waals surface area contributed by atoms with Crippen LogP contribution in [0.3, 0.4) is 0 Å². The van der Waals surface area contributed by atoms with E-state index in [-0.39, 0.29) is 24.0 Å². The number of methoxy groups -OCH3 is 1. The molecule has 0 radical (unpaired) electrons. The van der Waals surface area contributed by atoms with Crippen LogP contribution >= 0.6 is 24.0 Å². The Morgan fingerprint density at radius 1 is 1.14 bits per heavy atom. The van der Waals surface area contributed by atoms with E-state index in [0.717, 1.165) is 51.7 Å². The van der Waals surface area contributed by atoms with Crippen LogP contribution in [0.1, 0.15) is 26.2 Å². The summed E-state index contributed by atoms with van der Waals surface area (Å²) in [5, 5.41) is 7.10. The predicted molar refractivity (Wildman–Crippen MR) is 133 cm³/mol. The Bertz CT molecular complexity index is 592. The lowest BCUT2D eigenvalue weighted by Gasteiger charge is -2.31. The number of halogens is 1. The van der Waals surface area contributed by atoms with Crippen LogP contribution in [0.25, 0.3) is 0 Å². The molecule has 0 saturated carbocycles. The van der Waals surface area contributed by atoms with Gasteiger partial charge in [-0.05, 0) is 57.3 Å². The number of piperidine rings is 1. The van der Waals surface area contributed by atoms with E-state index in [1.54, 1.807) is 7.11 Å². The van der Waals surface area contributed by atoms with Crippen molar-refractivity contribution >= 4 is 35.6 Å². The number of benzene rings is 1. The molecule has 7 heteroatoms. The third kappa shape index (κ3) is 7.94. The van der Waals surface area contributed by atoms with E-state index in [2.05, 4.69) is 57.7 Å². The first-order chi connectivity index (χ1) is 13.8. The van der Waals surface area contributed by atoms with Crippen LogP contribution < -0.4 is 15.5 Å². The van der Waals surface area contributed by atoms with Gasteiger partial charge in [0.1, 0.15) is 0 Å². The van der Waals surface area contributed by atoms with Crippen molar-refractivity contribution in [3.05, 3.63) is 30.3 Å². The fourth-order valence-electron chi connectivity index (χ4n) is 4.10. The third-order valence-electron chi connectivity index (χ3n) is 5.82. The fraction of sp³-hybridized carbons (Fsp3) is 0.682. The third-order valence-corrected chi connectivity index (χ3v) is 5.82. The zero-order chi connectivity index (χ0) is 19.6. The first-order valence-electron chi connectivity index (χ1n) is 10.8. The van der Waals surface area contributed by atoms with Gasteiger partial charge in [-0.3, -0.25) is 4.99 Å². The topological polar surface area (TPSA) is 52.1 Å². The van der Waals surface area contributed by atoms with Gasteiger partial charge >= 0.3 is 0 Å². The summed E-state index contributed by atoms with van der Waals surface area (Å²) in [5.74, 6) is 1.67. The van der Waals surface area contributed by atoms with Gasteiger partial charge in [-0.15, -0.1) is 24.0 Å². The van der Waals surface area contributed by atoms with Crippen molar-refractivity contribution in [1.82, 2.24) is 15.5 Å². The van der Waals surface area contributed by atoms with E-state index in [9.17, 15) is 0 Å². The van der Waals surface area contributed by atoms with Crippen LogP contribution in [0.2, 0.25) is 0 Å². The first kappa shape index (κ1) is 24.2. The van der Waals surface area contributed by atoms with E-state index in [1.807, 2.05) is 0 Å². The SMILES string of the molecule is CCNC(=NCC1CCN(CCOC)CC1)NC1CCN(c2ccccc2)C1.I. The molecular formula is C22H38IN5O. The van der Waals surface area contributed by atoms with Gasteiger partial charge in [0.2, 0.25) is 0 Å². The smallest absolute Gasteiger partial charge is 0.191 e. The molecule has 6 nitrogen and oxygen atoms in total. The molecule has 1 aromatic carbocycles. The van der Waals surface area contributed by atoms with Gasteiger partial charge in [0.05, 0.1) is 6.61 Å². The lowest BCUT2D eigenvalue weighted by atomic mass is 9.97. The minimum Gasteiger partial charge on any atom is -0.383 e. The Hall–Kier alpha value is -1.06. The molecule has 2 N–H and O–H groups in total. The standard InChI is InChI=1S/C22H37N5O.HI/c1-3-23-22(24-17-19-9-12-26(13-10-19)15-16-28-2)25-20-11-14-27(18-20)21-7-5-4-6-8-21;/h4-8,19-20H,3,9-18H2,1-2H3,(H2,23,24,25);1H. The first-order valence-corrected chi connectivity index (χ1v) is 10.8. The maximum absolute atomic E-state index is 5.19. The molecule has 3 rings (SSSR count). The van der Waals surface area contributed by atoms with E-state index in [0.29, 0.717) is 12.0 Å². The molecule has 2 saturated heterocycles. The maximum atomic E-state index is 5.19. The van der Waals surface area contributed by atoms with Crippen LogP contribution in [-0.4, -0.2) is 76.4 Å². The van der Waals surface area contributed by atoms with Crippen molar-refractivity contribution in [2.75, 3.05) is 64.4 Å². The van der Waals surface area contributed by atoms with Gasteiger partial charge in [-0.25, -0.2) is 0 Å². The number of rotatable bonds is 8. The number of guanidine groups is 1. The minimum atomic E-state index is 0. The van der Waals surface area contributed by atoms with E-state index in [1.165, 1.54) is 31.6 Å². The normalized spacial score (nSPS) is 21.1. The van der Waals surface area contributed by atoms with Crippen molar-refractivity contribution < 1.29 is 4.74 Å². The summed E-state index contributed by atoms with van der Waals surface area (Å²) in [6, 6.07) is 11.1. The lowest BCUT2D eigenvalue weighted by molar-refractivity contribution is 0.121. The molecule has 0 aliphatic carbocycles. The molecule has 0 aromatic heterocycles. The summed E-state index contributed by atoms with van der Waals surface area (Å²) >= 11 is 0. The Morgan fingerprint density at radius 2 is 1.90 bits per heavy atom. The van der Waals surface area contributed by atoms with Crippen molar-refractivity contribution in [2.24, 2.45) is 10.9 Å². The molecule has 0 bridgehead atoms. The second-order valence-corrected chi connectivity index (χ2v) is 7.91. The summed E-state index contributed by atoms with van der Waals surface area (Å²) < 4.78 is 5.19. The second kappa shape index (κ2) is 13.3. The zero-order valence-corrected chi connectivity index (χ0v) is 20.3. The molecule has 0 amide bonds. The summed E-state index contributed by atoms with van der Waals surface area (Å²) in [6.45, 7) is 10.3. The van der Waals surface area contributed by atoms with E-state index >= 15 is 0 Å². The summed E-state index contributed by atoms with van der Waals surface area (Å²) in [4.78, 5) is 9.88. The van der Waals surface area contributed by atoms with E-state index in [4.69, 9.17) is 9.73 Å². The summed E-state index contributed by atoms with van der Waals surface area (Å²) in [6.07, 6.45) is 3.62. The number of likely N-dealkylation sites (tertiary alicyclic amines) is 1. The zero-order valence-electron chi connectivity index (χ0n) is 18.0. The molecule has 2 aliphatic heterocycles. The van der Waals surface area contributed by atoms with Crippen molar-refractivity contribution in [2.45, 2.75) is 32.2 Å². The fourth-order valence-corrected chi connectivity index (χ4v) is 4.10. The molecular weight excluding hydrogens is 477 g/mol. The number of nitrogens with one attached hydrogen (secondary N) is 2. The van der Waals surface area contributed by atoms with Gasteiger partial charge in [-0.1, -0.05) is 18.2 Å². The Kier molecular flexibility index (Phi) is 11.1. The average Bonchev–Trinajstić information content (AvgIpc) is 3.20. The van der Waals surface area contributed by atoms with Crippen molar-refractivity contribution in [3.63, 3.8) is 0 Å². The maximum Gasteiger partial charge on any atom is 0.191 e. The number of ether oxygens (including phenoxy) is 1. The Morgan fingerprint density at radius 3 is 2.59 bits per heavy atom. The lowest BCUT2D eigenvalue weighted by Crippen LogP contribution is -2.45. The number of hydrogen-bond acceptors (Lipinski definition) is 4. The van der Waals surface area contributed by atoms with Crippen LogP contribution in [0.15, 0.2) is 35.3 Å². The summed E-state index contributed by atoms with van der Waals surface area (Å²) in [5.41, 5.74) is 1.31. The van der Waals surface area contributed by atoms with E-state index < -0.39 is 0 Å². The highest BCUT2D eigenvalue weighted by atomic mass is 127. The monoisotopic (exact) mass is 515 g/mol. The van der Waals surface area contributed by atoms with Gasteiger partial charge in [0.15, 0.2) is 5.96 Å². The Labute approximate surface area is 193 Å². The van der Waals surface area contributed by atoms with Crippen LogP contribution in [0.4, 0.5) is 5.69 Å². The van der Waals surface area contributed by atoms with Gasteiger partial charge in [0.25, 0.3) is 0 Å². The largest absolute Gasteiger partial charge is 0.383 e. The number of para-hydroxylation sites is 1. The Balaban J connectivity index is 0.00000300. The quantitative estimate of drug-likeness (QED) is 0.317. The molecule has 164 valence electrons. The molecule has 1 unspecified atom stereocenters. The van der Waals surface area contributed by atoms with Crippen molar-refractivity contribution in [3.8, 4) is 0 Å².